The third-order valence-corrected chi connectivity index (χ3v) is 3.00. The van der Waals surface area contributed by atoms with E-state index in [2.05, 4.69) is 5.32 Å². The second-order valence-corrected chi connectivity index (χ2v) is 4.47. The number of nitrogens with one attached hydrogen (secondary N) is 1. The third-order valence-electron chi connectivity index (χ3n) is 2.70. The van der Waals surface area contributed by atoms with Crippen LogP contribution in [-0.2, 0) is 0 Å². The predicted molar refractivity (Wildman–Crippen MR) is 80.9 cm³/mol. The van der Waals surface area contributed by atoms with Crippen molar-refractivity contribution in [3.63, 3.8) is 0 Å². The van der Waals surface area contributed by atoms with Gasteiger partial charge in [-0.05, 0) is 29.8 Å². The number of hydrogen-bond donors (Lipinski definition) is 1. The highest BCUT2D eigenvalue weighted by Crippen LogP contribution is 2.24. The molecule has 3 nitrogen and oxygen atoms in total. The first-order valence-electron chi connectivity index (χ1n) is 6.06. The predicted octanol–water partition coefficient (Wildman–Crippen LogP) is 3.75. The summed E-state index contributed by atoms with van der Waals surface area (Å²) in [4.78, 5) is 11.9. The molecule has 0 aromatic heterocycles. The lowest BCUT2D eigenvalue weighted by atomic mass is 10.2. The van der Waals surface area contributed by atoms with Gasteiger partial charge in [-0.25, -0.2) is 0 Å². The Balaban J connectivity index is 2.02. The van der Waals surface area contributed by atoms with Crippen LogP contribution in [0.4, 0.5) is 0 Å². The third kappa shape index (κ3) is 3.62. The molecule has 4 heteroatoms. The van der Waals surface area contributed by atoms with E-state index >= 15 is 0 Å². The minimum atomic E-state index is -0.221. The number of hydrogen-bond acceptors (Lipinski definition) is 2. The maximum absolute atomic E-state index is 11.9. The van der Waals surface area contributed by atoms with Crippen LogP contribution in [0.1, 0.15) is 15.9 Å². The van der Waals surface area contributed by atoms with Crippen molar-refractivity contribution in [3.05, 3.63) is 70.9 Å². The van der Waals surface area contributed by atoms with Gasteiger partial charge in [0.1, 0.15) is 5.75 Å². The maximum atomic E-state index is 11.9. The maximum Gasteiger partial charge on any atom is 0.255 e. The molecule has 0 aliphatic carbocycles. The zero-order chi connectivity index (χ0) is 14.4. The Morgan fingerprint density at radius 1 is 1.20 bits per heavy atom. The molecular formula is C16H14ClNO2. The van der Waals surface area contributed by atoms with Crippen molar-refractivity contribution in [1.82, 2.24) is 5.32 Å². The lowest BCUT2D eigenvalue weighted by molar-refractivity contribution is 0.0970. The SMILES string of the molecule is COc1ccc(C(=O)NC=Cc2ccccc2)cc1Cl. The van der Waals surface area contributed by atoms with E-state index in [-0.39, 0.29) is 5.91 Å². The zero-order valence-electron chi connectivity index (χ0n) is 11.0. The molecule has 0 saturated heterocycles. The highest BCUT2D eigenvalue weighted by atomic mass is 35.5. The summed E-state index contributed by atoms with van der Waals surface area (Å²) in [5.74, 6) is 0.324. The lowest BCUT2D eigenvalue weighted by Crippen LogP contribution is -2.16. The Labute approximate surface area is 122 Å². The van der Waals surface area contributed by atoms with E-state index in [0.29, 0.717) is 16.3 Å². The summed E-state index contributed by atoms with van der Waals surface area (Å²) in [7, 11) is 1.53. The first-order valence-corrected chi connectivity index (χ1v) is 6.44. The van der Waals surface area contributed by atoms with E-state index in [1.807, 2.05) is 36.4 Å². The minimum absolute atomic E-state index is 0.221. The van der Waals surface area contributed by atoms with E-state index in [0.717, 1.165) is 5.56 Å². The monoisotopic (exact) mass is 287 g/mol. The zero-order valence-corrected chi connectivity index (χ0v) is 11.7. The van der Waals surface area contributed by atoms with Gasteiger partial charge in [-0.15, -0.1) is 0 Å². The van der Waals surface area contributed by atoms with Crippen molar-refractivity contribution in [2.45, 2.75) is 0 Å². The van der Waals surface area contributed by atoms with Gasteiger partial charge in [-0.2, -0.15) is 0 Å². The molecule has 1 N–H and O–H groups in total. The average molecular weight is 288 g/mol. The summed E-state index contributed by atoms with van der Waals surface area (Å²) >= 11 is 5.98. The van der Waals surface area contributed by atoms with E-state index < -0.39 is 0 Å². The van der Waals surface area contributed by atoms with Crippen molar-refractivity contribution in [2.24, 2.45) is 0 Å². The van der Waals surface area contributed by atoms with E-state index in [1.165, 1.54) is 7.11 Å². The number of benzene rings is 2. The van der Waals surface area contributed by atoms with E-state index in [1.54, 1.807) is 24.4 Å². The summed E-state index contributed by atoms with van der Waals surface area (Å²) in [5.41, 5.74) is 1.49. The van der Waals surface area contributed by atoms with Gasteiger partial charge >= 0.3 is 0 Å². The largest absolute Gasteiger partial charge is 0.495 e. The number of ether oxygens (including phenoxy) is 1. The molecule has 0 heterocycles. The van der Waals surface area contributed by atoms with Crippen LogP contribution >= 0.6 is 11.6 Å². The number of halogens is 1. The van der Waals surface area contributed by atoms with Crippen molar-refractivity contribution in [3.8, 4) is 5.75 Å². The minimum Gasteiger partial charge on any atom is -0.495 e. The fourth-order valence-electron chi connectivity index (χ4n) is 1.67. The van der Waals surface area contributed by atoms with E-state index in [4.69, 9.17) is 16.3 Å². The average Bonchev–Trinajstić information content (AvgIpc) is 2.48. The fraction of sp³-hybridized carbons (Fsp3) is 0.0625. The quantitative estimate of drug-likeness (QED) is 0.930. The Morgan fingerprint density at radius 3 is 2.60 bits per heavy atom. The van der Waals surface area contributed by atoms with Gasteiger partial charge in [0.15, 0.2) is 0 Å². The molecule has 2 aromatic rings. The van der Waals surface area contributed by atoms with Crippen LogP contribution in [0, 0.1) is 0 Å². The molecule has 0 bridgehead atoms. The van der Waals surface area contributed by atoms with Crippen LogP contribution in [0.25, 0.3) is 6.08 Å². The summed E-state index contributed by atoms with van der Waals surface area (Å²) in [6, 6.07) is 14.6. The molecule has 0 atom stereocenters. The summed E-state index contributed by atoms with van der Waals surface area (Å²) in [6.07, 6.45) is 3.43. The molecule has 0 radical (unpaired) electrons. The molecule has 20 heavy (non-hydrogen) atoms. The first kappa shape index (κ1) is 14.2. The molecule has 1 amide bonds. The van der Waals surface area contributed by atoms with Gasteiger partial charge in [-0.3, -0.25) is 4.79 Å². The molecule has 0 aliphatic heterocycles. The van der Waals surface area contributed by atoms with E-state index in [9.17, 15) is 4.79 Å². The topological polar surface area (TPSA) is 38.3 Å². The molecule has 0 aliphatic rings. The van der Waals surface area contributed by atoms with Gasteiger partial charge in [-0.1, -0.05) is 41.9 Å². The van der Waals surface area contributed by atoms with Crippen molar-refractivity contribution < 1.29 is 9.53 Å². The molecule has 2 rings (SSSR count). The van der Waals surface area contributed by atoms with Crippen LogP contribution in [-0.4, -0.2) is 13.0 Å². The van der Waals surface area contributed by atoms with Crippen LogP contribution < -0.4 is 10.1 Å². The van der Waals surface area contributed by atoms with Crippen LogP contribution in [0.5, 0.6) is 5.75 Å². The Bertz CT molecular complexity index is 624. The highest BCUT2D eigenvalue weighted by molar-refractivity contribution is 6.32. The molecule has 0 saturated carbocycles. The second kappa shape index (κ2) is 6.78. The smallest absolute Gasteiger partial charge is 0.255 e. The fourth-order valence-corrected chi connectivity index (χ4v) is 1.93. The first-order chi connectivity index (χ1) is 9.70. The van der Waals surface area contributed by atoms with Gasteiger partial charge < -0.3 is 10.1 Å². The van der Waals surface area contributed by atoms with Crippen LogP contribution in [0.3, 0.4) is 0 Å². The number of carbonyl (C=O) groups is 1. The van der Waals surface area contributed by atoms with Crippen molar-refractivity contribution in [2.75, 3.05) is 7.11 Å². The molecule has 102 valence electrons. The highest BCUT2D eigenvalue weighted by Gasteiger charge is 2.07. The van der Waals surface area contributed by atoms with Crippen molar-refractivity contribution in [1.29, 1.82) is 0 Å². The molecule has 0 spiro atoms. The van der Waals surface area contributed by atoms with Gasteiger partial charge in [0.2, 0.25) is 0 Å². The van der Waals surface area contributed by atoms with Gasteiger partial charge in [0.05, 0.1) is 12.1 Å². The number of rotatable bonds is 4. The van der Waals surface area contributed by atoms with Crippen LogP contribution in [0.2, 0.25) is 5.02 Å². The van der Waals surface area contributed by atoms with Crippen molar-refractivity contribution >= 4 is 23.6 Å². The number of carbonyl (C=O) groups excluding carboxylic acids is 1. The number of amides is 1. The number of methoxy groups -OCH3 is 1. The molecule has 2 aromatic carbocycles. The molecule has 0 unspecified atom stereocenters. The molecular weight excluding hydrogens is 274 g/mol. The van der Waals surface area contributed by atoms with Crippen LogP contribution in [0.15, 0.2) is 54.7 Å². The van der Waals surface area contributed by atoms with Gasteiger partial charge in [0.25, 0.3) is 5.91 Å². The summed E-state index contributed by atoms with van der Waals surface area (Å²) in [5, 5.41) is 3.10. The molecule has 0 fully saturated rings. The normalized spacial score (nSPS) is 10.5. The Kier molecular flexibility index (Phi) is 4.80. The van der Waals surface area contributed by atoms with Gasteiger partial charge in [0, 0.05) is 11.8 Å². The summed E-state index contributed by atoms with van der Waals surface area (Å²) < 4.78 is 5.04. The summed E-state index contributed by atoms with van der Waals surface area (Å²) in [6.45, 7) is 0. The second-order valence-electron chi connectivity index (χ2n) is 4.07. The Hall–Kier alpha value is -2.26. The standard InChI is InChI=1S/C16H14ClNO2/c1-20-15-8-7-13(11-14(15)17)16(19)18-10-9-12-5-3-2-4-6-12/h2-11H,1H3,(H,18,19). The Morgan fingerprint density at radius 2 is 1.95 bits per heavy atom. The lowest BCUT2D eigenvalue weighted by Gasteiger charge is -2.05.